The molecule has 150 valence electrons. The van der Waals surface area contributed by atoms with Crippen molar-refractivity contribution >= 4 is 11.8 Å². The first-order valence-electron chi connectivity index (χ1n) is 9.81. The molecule has 2 aromatic rings. The van der Waals surface area contributed by atoms with Gasteiger partial charge in [-0.2, -0.15) is 0 Å². The molecule has 0 saturated carbocycles. The molecule has 1 N–H and O–H groups in total. The number of benzene rings is 2. The Bertz CT molecular complexity index is 789. The van der Waals surface area contributed by atoms with Crippen LogP contribution in [-0.4, -0.2) is 29.3 Å². The molecular weight excluding hydrogens is 355 g/mol. The van der Waals surface area contributed by atoms with Gasteiger partial charge in [-0.15, -0.1) is 0 Å². The molecule has 0 heterocycles. The molecule has 0 bridgehead atoms. The van der Waals surface area contributed by atoms with E-state index in [2.05, 4.69) is 5.32 Å². The number of hydrogen-bond acceptors (Lipinski definition) is 2. The lowest BCUT2D eigenvalue weighted by Gasteiger charge is -2.31. The van der Waals surface area contributed by atoms with Gasteiger partial charge in [-0.1, -0.05) is 55.8 Å². The number of amides is 2. The molecule has 2 aromatic carbocycles. The first kappa shape index (κ1) is 21.6. The Balaban J connectivity index is 2.26. The van der Waals surface area contributed by atoms with Crippen LogP contribution in [0.4, 0.5) is 4.39 Å². The van der Waals surface area contributed by atoms with E-state index in [9.17, 15) is 14.0 Å². The van der Waals surface area contributed by atoms with Crippen molar-refractivity contribution in [3.05, 3.63) is 71.0 Å². The van der Waals surface area contributed by atoms with E-state index in [1.54, 1.807) is 17.0 Å². The molecule has 0 spiro atoms. The van der Waals surface area contributed by atoms with Crippen molar-refractivity contribution < 1.29 is 14.0 Å². The lowest BCUT2D eigenvalue weighted by molar-refractivity contribution is -0.140. The Labute approximate surface area is 166 Å². The summed E-state index contributed by atoms with van der Waals surface area (Å²) in [5.74, 6) is -0.616. The average molecular weight is 384 g/mol. The van der Waals surface area contributed by atoms with Crippen molar-refractivity contribution in [1.82, 2.24) is 10.2 Å². The van der Waals surface area contributed by atoms with Crippen LogP contribution < -0.4 is 5.32 Å². The minimum atomic E-state index is -0.542. The van der Waals surface area contributed by atoms with Crippen LogP contribution in [0.3, 0.4) is 0 Å². The highest BCUT2D eigenvalue weighted by Gasteiger charge is 2.28. The molecule has 0 saturated heterocycles. The van der Waals surface area contributed by atoms with Crippen molar-refractivity contribution in [2.45, 2.75) is 52.6 Å². The van der Waals surface area contributed by atoms with Crippen molar-refractivity contribution in [3.63, 3.8) is 0 Å². The molecule has 0 radical (unpaired) electrons. The molecule has 1 atom stereocenters. The van der Waals surface area contributed by atoms with Crippen LogP contribution in [0.25, 0.3) is 0 Å². The molecule has 2 amide bonds. The number of carbonyl (C=O) groups excluding carboxylic acids is 2. The number of carbonyl (C=O) groups is 2. The van der Waals surface area contributed by atoms with E-state index in [1.807, 2.05) is 45.0 Å². The second-order valence-corrected chi connectivity index (χ2v) is 7.03. The number of rotatable bonds is 9. The third kappa shape index (κ3) is 6.19. The van der Waals surface area contributed by atoms with E-state index in [1.165, 1.54) is 12.1 Å². The van der Waals surface area contributed by atoms with Crippen molar-refractivity contribution in [2.24, 2.45) is 0 Å². The fourth-order valence-electron chi connectivity index (χ4n) is 3.17. The lowest BCUT2D eigenvalue weighted by Crippen LogP contribution is -2.49. The summed E-state index contributed by atoms with van der Waals surface area (Å²) >= 11 is 0. The normalized spacial score (nSPS) is 11.7. The fourth-order valence-corrected chi connectivity index (χ4v) is 3.17. The zero-order valence-corrected chi connectivity index (χ0v) is 16.9. The summed E-state index contributed by atoms with van der Waals surface area (Å²) in [6.45, 7) is 6.84. The highest BCUT2D eigenvalue weighted by Crippen LogP contribution is 2.16. The predicted octanol–water partition coefficient (Wildman–Crippen LogP) is 4.01. The van der Waals surface area contributed by atoms with E-state index < -0.39 is 6.04 Å². The Kier molecular flexibility index (Phi) is 8.18. The average Bonchev–Trinajstić information content (AvgIpc) is 2.68. The topological polar surface area (TPSA) is 49.4 Å². The number of halogens is 1. The van der Waals surface area contributed by atoms with Gasteiger partial charge in [-0.3, -0.25) is 9.59 Å². The molecule has 28 heavy (non-hydrogen) atoms. The van der Waals surface area contributed by atoms with Crippen LogP contribution in [0.2, 0.25) is 0 Å². The summed E-state index contributed by atoms with van der Waals surface area (Å²) in [6.07, 6.45) is 1.49. The summed E-state index contributed by atoms with van der Waals surface area (Å²) in [4.78, 5) is 27.4. The minimum Gasteiger partial charge on any atom is -0.354 e. The van der Waals surface area contributed by atoms with Gasteiger partial charge in [-0.05, 0) is 43.0 Å². The quantitative estimate of drug-likeness (QED) is 0.710. The number of nitrogens with one attached hydrogen (secondary N) is 1. The van der Waals surface area contributed by atoms with E-state index in [0.29, 0.717) is 19.5 Å². The first-order chi connectivity index (χ1) is 13.4. The van der Waals surface area contributed by atoms with Crippen molar-refractivity contribution in [2.75, 3.05) is 6.54 Å². The lowest BCUT2D eigenvalue weighted by atomic mass is 10.1. The molecule has 0 fully saturated rings. The summed E-state index contributed by atoms with van der Waals surface area (Å²) in [5, 5.41) is 2.90. The summed E-state index contributed by atoms with van der Waals surface area (Å²) in [7, 11) is 0. The van der Waals surface area contributed by atoms with Crippen molar-refractivity contribution in [3.8, 4) is 0 Å². The molecule has 2 rings (SSSR count). The van der Waals surface area contributed by atoms with Gasteiger partial charge in [0, 0.05) is 13.1 Å². The van der Waals surface area contributed by atoms with Gasteiger partial charge < -0.3 is 10.2 Å². The van der Waals surface area contributed by atoms with Gasteiger partial charge in [0.15, 0.2) is 0 Å². The molecule has 4 nitrogen and oxygen atoms in total. The second kappa shape index (κ2) is 10.6. The Hall–Kier alpha value is -2.69. The maximum atomic E-state index is 13.2. The Morgan fingerprint density at radius 2 is 1.79 bits per heavy atom. The van der Waals surface area contributed by atoms with Gasteiger partial charge >= 0.3 is 0 Å². The molecular formula is C23H29FN2O2. The smallest absolute Gasteiger partial charge is 0.242 e. The van der Waals surface area contributed by atoms with Crippen LogP contribution >= 0.6 is 0 Å². The third-order valence-electron chi connectivity index (χ3n) is 4.64. The second-order valence-electron chi connectivity index (χ2n) is 7.03. The Morgan fingerprint density at radius 1 is 1.07 bits per heavy atom. The number of nitrogens with zero attached hydrogens (tertiary/aromatic N) is 1. The molecule has 5 heteroatoms. The number of hydrogen-bond donors (Lipinski definition) is 1. The first-order valence-corrected chi connectivity index (χ1v) is 9.81. The minimum absolute atomic E-state index is 0.129. The van der Waals surface area contributed by atoms with E-state index in [0.717, 1.165) is 23.1 Å². The molecule has 0 aromatic heterocycles. The number of aryl methyl sites for hydroxylation is 1. The maximum Gasteiger partial charge on any atom is 0.242 e. The molecule has 0 unspecified atom stereocenters. The Morgan fingerprint density at radius 3 is 2.39 bits per heavy atom. The van der Waals surface area contributed by atoms with Crippen molar-refractivity contribution in [1.29, 1.82) is 0 Å². The van der Waals surface area contributed by atoms with E-state index in [4.69, 9.17) is 0 Å². The molecule has 0 aliphatic carbocycles. The maximum absolute atomic E-state index is 13.2. The zero-order valence-electron chi connectivity index (χ0n) is 16.9. The standard InChI is InChI=1S/C23H29FN2O2/c1-4-13-25-23(28)21(5-2)26(16-19-8-6-7-17(3)14-19)22(27)15-18-9-11-20(24)12-10-18/h6-12,14,21H,4-5,13,15-16H2,1-3H3,(H,25,28)/t21-/m1/s1. The monoisotopic (exact) mass is 384 g/mol. The van der Waals surface area contributed by atoms with Crippen LogP contribution in [0.5, 0.6) is 0 Å². The highest BCUT2D eigenvalue weighted by molar-refractivity contribution is 5.88. The highest BCUT2D eigenvalue weighted by atomic mass is 19.1. The van der Waals surface area contributed by atoms with Crippen LogP contribution in [0.15, 0.2) is 48.5 Å². The van der Waals surface area contributed by atoms with E-state index in [-0.39, 0.29) is 24.1 Å². The van der Waals surface area contributed by atoms with Gasteiger partial charge in [0.2, 0.25) is 11.8 Å². The van der Waals surface area contributed by atoms with Gasteiger partial charge in [-0.25, -0.2) is 4.39 Å². The largest absolute Gasteiger partial charge is 0.354 e. The molecule has 0 aliphatic heterocycles. The SMILES string of the molecule is CCCNC(=O)[C@@H](CC)N(Cc1cccc(C)c1)C(=O)Cc1ccc(F)cc1. The van der Waals surface area contributed by atoms with Gasteiger partial charge in [0.05, 0.1) is 6.42 Å². The fraction of sp³-hybridized carbons (Fsp3) is 0.391. The third-order valence-corrected chi connectivity index (χ3v) is 4.64. The molecule has 0 aliphatic rings. The van der Waals surface area contributed by atoms with Crippen LogP contribution in [-0.2, 0) is 22.6 Å². The van der Waals surface area contributed by atoms with Gasteiger partial charge in [0.25, 0.3) is 0 Å². The van der Waals surface area contributed by atoms with Crippen LogP contribution in [0.1, 0.15) is 43.4 Å². The van der Waals surface area contributed by atoms with Crippen LogP contribution in [0, 0.1) is 12.7 Å². The predicted molar refractivity (Wildman–Crippen MR) is 109 cm³/mol. The van der Waals surface area contributed by atoms with Gasteiger partial charge in [0.1, 0.15) is 11.9 Å². The van der Waals surface area contributed by atoms with E-state index >= 15 is 0 Å². The zero-order chi connectivity index (χ0) is 20.5. The summed E-state index contributed by atoms with van der Waals surface area (Å²) in [5.41, 5.74) is 2.81. The summed E-state index contributed by atoms with van der Waals surface area (Å²) < 4.78 is 13.2. The summed E-state index contributed by atoms with van der Waals surface area (Å²) in [6, 6.07) is 13.3.